The highest BCUT2D eigenvalue weighted by Crippen LogP contribution is 2.16. The SMILES string of the molecule is Cc1nc(C)c(CNC(C)C(=O)N2CCOCC2)s1. The van der Waals surface area contributed by atoms with Gasteiger partial charge in [0.1, 0.15) is 0 Å². The molecule has 0 radical (unpaired) electrons. The molecule has 1 aromatic heterocycles. The van der Waals surface area contributed by atoms with Crippen LogP contribution in [0, 0.1) is 13.8 Å². The van der Waals surface area contributed by atoms with Crippen LogP contribution in [0.4, 0.5) is 0 Å². The zero-order valence-corrected chi connectivity index (χ0v) is 12.5. The highest BCUT2D eigenvalue weighted by Gasteiger charge is 2.22. The average Bonchev–Trinajstić information content (AvgIpc) is 2.74. The summed E-state index contributed by atoms with van der Waals surface area (Å²) >= 11 is 1.69. The molecule has 1 atom stereocenters. The number of ether oxygens (including phenoxy) is 1. The molecule has 2 heterocycles. The molecular weight excluding hydrogens is 262 g/mol. The number of hydrogen-bond donors (Lipinski definition) is 1. The van der Waals surface area contributed by atoms with Crippen molar-refractivity contribution in [2.75, 3.05) is 26.3 Å². The maximum atomic E-state index is 12.2. The van der Waals surface area contributed by atoms with Gasteiger partial charge in [0.05, 0.1) is 30.0 Å². The molecule has 1 aromatic rings. The van der Waals surface area contributed by atoms with E-state index in [4.69, 9.17) is 4.74 Å². The summed E-state index contributed by atoms with van der Waals surface area (Å²) in [5.74, 6) is 0.155. The van der Waals surface area contributed by atoms with Gasteiger partial charge in [-0.25, -0.2) is 4.98 Å². The van der Waals surface area contributed by atoms with Crippen molar-refractivity contribution < 1.29 is 9.53 Å². The molecule has 1 N–H and O–H groups in total. The van der Waals surface area contributed by atoms with Crippen LogP contribution < -0.4 is 5.32 Å². The summed E-state index contributed by atoms with van der Waals surface area (Å²) in [5.41, 5.74) is 1.06. The van der Waals surface area contributed by atoms with Gasteiger partial charge in [-0.05, 0) is 20.8 Å². The van der Waals surface area contributed by atoms with Crippen LogP contribution >= 0.6 is 11.3 Å². The number of hydrogen-bond acceptors (Lipinski definition) is 5. The van der Waals surface area contributed by atoms with E-state index in [-0.39, 0.29) is 11.9 Å². The second-order valence-corrected chi connectivity index (χ2v) is 6.07. The molecule has 1 aliphatic rings. The summed E-state index contributed by atoms with van der Waals surface area (Å²) in [4.78, 5) is 19.7. The molecule has 0 aromatic carbocycles. The quantitative estimate of drug-likeness (QED) is 0.899. The van der Waals surface area contributed by atoms with Gasteiger partial charge in [-0.2, -0.15) is 0 Å². The van der Waals surface area contributed by atoms with E-state index in [9.17, 15) is 4.79 Å². The van der Waals surface area contributed by atoms with Crippen LogP contribution in [0.15, 0.2) is 0 Å². The Morgan fingerprint density at radius 1 is 1.47 bits per heavy atom. The zero-order valence-electron chi connectivity index (χ0n) is 11.7. The summed E-state index contributed by atoms with van der Waals surface area (Å²) in [6.45, 7) is 9.32. The summed E-state index contributed by atoms with van der Waals surface area (Å²) in [6.07, 6.45) is 0. The van der Waals surface area contributed by atoms with Crippen LogP contribution in [0.2, 0.25) is 0 Å². The standard InChI is InChI=1S/C13H21N3O2S/c1-9-12(19-11(3)15-9)8-14-10(2)13(17)16-4-6-18-7-5-16/h10,14H,4-8H2,1-3H3. The Kier molecular flexibility index (Phi) is 4.90. The van der Waals surface area contributed by atoms with Crippen LogP contribution in [0.5, 0.6) is 0 Å². The maximum Gasteiger partial charge on any atom is 0.239 e. The van der Waals surface area contributed by atoms with Crippen LogP contribution in [0.25, 0.3) is 0 Å². The Morgan fingerprint density at radius 2 is 2.16 bits per heavy atom. The fourth-order valence-corrected chi connectivity index (χ4v) is 3.02. The smallest absolute Gasteiger partial charge is 0.239 e. The van der Waals surface area contributed by atoms with Crippen molar-refractivity contribution in [3.8, 4) is 0 Å². The van der Waals surface area contributed by atoms with E-state index < -0.39 is 0 Å². The zero-order chi connectivity index (χ0) is 13.8. The Morgan fingerprint density at radius 3 is 2.74 bits per heavy atom. The molecular formula is C13H21N3O2S. The van der Waals surface area contributed by atoms with Gasteiger partial charge in [0.15, 0.2) is 0 Å². The summed E-state index contributed by atoms with van der Waals surface area (Å²) in [7, 11) is 0. The molecule has 19 heavy (non-hydrogen) atoms. The second-order valence-electron chi connectivity index (χ2n) is 4.78. The van der Waals surface area contributed by atoms with Gasteiger partial charge in [0, 0.05) is 24.5 Å². The molecule has 1 unspecified atom stereocenters. The van der Waals surface area contributed by atoms with Crippen molar-refractivity contribution in [1.29, 1.82) is 0 Å². The minimum absolute atomic E-state index is 0.155. The number of carbonyl (C=O) groups is 1. The predicted molar refractivity (Wildman–Crippen MR) is 75.3 cm³/mol. The molecule has 0 aliphatic carbocycles. The van der Waals surface area contributed by atoms with E-state index in [2.05, 4.69) is 10.3 Å². The molecule has 0 spiro atoms. The molecule has 0 saturated carbocycles. The van der Waals surface area contributed by atoms with Gasteiger partial charge < -0.3 is 15.0 Å². The number of aryl methyl sites for hydroxylation is 2. The highest BCUT2D eigenvalue weighted by molar-refractivity contribution is 7.11. The Labute approximate surface area is 118 Å². The second kappa shape index (κ2) is 6.45. The third-order valence-corrected chi connectivity index (χ3v) is 4.33. The van der Waals surface area contributed by atoms with Crippen molar-refractivity contribution in [2.45, 2.75) is 33.4 Å². The van der Waals surface area contributed by atoms with Crippen molar-refractivity contribution >= 4 is 17.2 Å². The van der Waals surface area contributed by atoms with E-state index in [1.165, 1.54) is 4.88 Å². The summed E-state index contributed by atoms with van der Waals surface area (Å²) in [5, 5.41) is 4.36. The largest absolute Gasteiger partial charge is 0.378 e. The third-order valence-electron chi connectivity index (χ3n) is 3.26. The van der Waals surface area contributed by atoms with E-state index in [0.717, 1.165) is 10.7 Å². The first-order chi connectivity index (χ1) is 9.08. The number of nitrogens with one attached hydrogen (secondary N) is 1. The van der Waals surface area contributed by atoms with Gasteiger partial charge in [0.2, 0.25) is 5.91 Å². The minimum atomic E-state index is -0.167. The van der Waals surface area contributed by atoms with Crippen LogP contribution in [-0.4, -0.2) is 48.1 Å². The van der Waals surface area contributed by atoms with Crippen LogP contribution in [0.1, 0.15) is 22.5 Å². The first-order valence-corrected chi connectivity index (χ1v) is 7.42. The number of morpholine rings is 1. The molecule has 1 aliphatic heterocycles. The predicted octanol–water partition coefficient (Wildman–Crippen LogP) is 1.10. The van der Waals surface area contributed by atoms with Crippen LogP contribution in [-0.2, 0) is 16.1 Å². The molecule has 1 amide bonds. The Bertz CT molecular complexity index is 441. The highest BCUT2D eigenvalue weighted by atomic mass is 32.1. The lowest BCUT2D eigenvalue weighted by Crippen LogP contribution is -2.49. The van der Waals surface area contributed by atoms with Crippen molar-refractivity contribution in [3.05, 3.63) is 15.6 Å². The van der Waals surface area contributed by atoms with Gasteiger partial charge in [0.25, 0.3) is 0 Å². The summed E-state index contributed by atoms with van der Waals surface area (Å²) in [6, 6.07) is -0.167. The molecule has 1 fully saturated rings. The average molecular weight is 283 g/mol. The number of carbonyl (C=O) groups excluding carboxylic acids is 1. The molecule has 0 bridgehead atoms. The lowest BCUT2D eigenvalue weighted by Gasteiger charge is -2.29. The molecule has 2 rings (SSSR count). The maximum absolute atomic E-state index is 12.2. The van der Waals surface area contributed by atoms with Crippen LogP contribution in [0.3, 0.4) is 0 Å². The van der Waals surface area contributed by atoms with Crippen molar-refractivity contribution in [3.63, 3.8) is 0 Å². The molecule has 6 heteroatoms. The van der Waals surface area contributed by atoms with E-state index in [1.54, 1.807) is 11.3 Å². The van der Waals surface area contributed by atoms with Gasteiger partial charge >= 0.3 is 0 Å². The number of nitrogens with zero attached hydrogens (tertiary/aromatic N) is 2. The molecule has 5 nitrogen and oxygen atoms in total. The van der Waals surface area contributed by atoms with E-state index in [0.29, 0.717) is 32.8 Å². The number of rotatable bonds is 4. The normalized spacial score (nSPS) is 17.5. The Balaban J connectivity index is 1.84. The topological polar surface area (TPSA) is 54.5 Å². The van der Waals surface area contributed by atoms with E-state index >= 15 is 0 Å². The minimum Gasteiger partial charge on any atom is -0.378 e. The number of thiazole rings is 1. The Hall–Kier alpha value is -0.980. The van der Waals surface area contributed by atoms with Crippen molar-refractivity contribution in [2.24, 2.45) is 0 Å². The lowest BCUT2D eigenvalue weighted by atomic mass is 10.2. The van der Waals surface area contributed by atoms with Gasteiger partial charge in [-0.1, -0.05) is 0 Å². The van der Waals surface area contributed by atoms with Gasteiger partial charge in [-0.3, -0.25) is 4.79 Å². The summed E-state index contributed by atoms with van der Waals surface area (Å²) < 4.78 is 5.26. The monoisotopic (exact) mass is 283 g/mol. The fourth-order valence-electron chi connectivity index (χ4n) is 2.13. The lowest BCUT2D eigenvalue weighted by molar-refractivity contribution is -0.137. The third kappa shape index (κ3) is 3.75. The first kappa shape index (κ1) is 14.4. The van der Waals surface area contributed by atoms with Gasteiger partial charge in [-0.15, -0.1) is 11.3 Å². The van der Waals surface area contributed by atoms with E-state index in [1.807, 2.05) is 25.7 Å². The first-order valence-electron chi connectivity index (χ1n) is 6.60. The number of amides is 1. The number of aromatic nitrogens is 1. The molecule has 1 saturated heterocycles. The van der Waals surface area contributed by atoms with Crippen molar-refractivity contribution in [1.82, 2.24) is 15.2 Å². The molecule has 106 valence electrons. The fraction of sp³-hybridized carbons (Fsp3) is 0.692.